The standard InChI is InChI=1S/C15H18N4O/c1-10-4-3-9-17-14(10)19-15(20)18-13-7-5-12(6-8-13)11(2)16/h3-9,11H,16H2,1-2H3,(H2,17,18,19,20). The number of hydrogen-bond acceptors (Lipinski definition) is 3. The van der Waals surface area contributed by atoms with Crippen LogP contribution in [0, 0.1) is 6.92 Å². The number of amides is 2. The maximum absolute atomic E-state index is 11.9. The number of pyridine rings is 1. The summed E-state index contributed by atoms with van der Waals surface area (Å²) in [6.07, 6.45) is 1.64. The molecule has 1 aromatic carbocycles. The van der Waals surface area contributed by atoms with Crippen LogP contribution < -0.4 is 16.4 Å². The molecule has 1 unspecified atom stereocenters. The van der Waals surface area contributed by atoms with Crippen molar-refractivity contribution in [3.63, 3.8) is 0 Å². The van der Waals surface area contributed by atoms with E-state index in [4.69, 9.17) is 5.73 Å². The molecule has 1 atom stereocenters. The minimum absolute atomic E-state index is 0.0194. The van der Waals surface area contributed by atoms with Crippen LogP contribution in [0.2, 0.25) is 0 Å². The molecule has 104 valence electrons. The van der Waals surface area contributed by atoms with Crippen LogP contribution in [0.5, 0.6) is 0 Å². The Labute approximate surface area is 118 Å². The van der Waals surface area contributed by atoms with Crippen LogP contribution in [-0.4, -0.2) is 11.0 Å². The number of nitrogens with one attached hydrogen (secondary N) is 2. The highest BCUT2D eigenvalue weighted by molar-refractivity contribution is 5.99. The highest BCUT2D eigenvalue weighted by Gasteiger charge is 2.06. The fourth-order valence-electron chi connectivity index (χ4n) is 1.76. The number of rotatable bonds is 3. The second kappa shape index (κ2) is 6.16. The number of aryl methyl sites for hydroxylation is 1. The number of carbonyl (C=O) groups is 1. The molecule has 2 aromatic rings. The van der Waals surface area contributed by atoms with Crippen molar-refractivity contribution in [1.82, 2.24) is 4.98 Å². The Balaban J connectivity index is 1.99. The van der Waals surface area contributed by atoms with E-state index in [2.05, 4.69) is 15.6 Å². The summed E-state index contributed by atoms with van der Waals surface area (Å²) in [6.45, 7) is 3.80. The summed E-state index contributed by atoms with van der Waals surface area (Å²) in [6, 6.07) is 10.8. The summed E-state index contributed by atoms with van der Waals surface area (Å²) in [4.78, 5) is 16.0. The van der Waals surface area contributed by atoms with Crippen LogP contribution in [0.15, 0.2) is 42.6 Å². The monoisotopic (exact) mass is 270 g/mol. The minimum atomic E-state index is -0.319. The van der Waals surface area contributed by atoms with E-state index < -0.39 is 0 Å². The highest BCUT2D eigenvalue weighted by atomic mass is 16.2. The van der Waals surface area contributed by atoms with Gasteiger partial charge in [0.05, 0.1) is 0 Å². The first-order valence-electron chi connectivity index (χ1n) is 6.41. The van der Waals surface area contributed by atoms with Crippen molar-refractivity contribution < 1.29 is 4.79 Å². The normalized spacial score (nSPS) is 11.8. The second-order valence-electron chi connectivity index (χ2n) is 4.66. The van der Waals surface area contributed by atoms with E-state index in [1.165, 1.54) is 0 Å². The maximum atomic E-state index is 11.9. The van der Waals surface area contributed by atoms with Gasteiger partial charge in [-0.05, 0) is 43.2 Å². The van der Waals surface area contributed by atoms with Crippen LogP contribution in [0.4, 0.5) is 16.3 Å². The van der Waals surface area contributed by atoms with E-state index in [0.29, 0.717) is 11.5 Å². The number of nitrogens with zero attached hydrogens (tertiary/aromatic N) is 1. The van der Waals surface area contributed by atoms with Crippen molar-refractivity contribution in [3.05, 3.63) is 53.7 Å². The Hall–Kier alpha value is -2.40. The molecule has 0 aliphatic rings. The Morgan fingerprint density at radius 2 is 1.90 bits per heavy atom. The highest BCUT2D eigenvalue weighted by Crippen LogP contribution is 2.15. The summed E-state index contributed by atoms with van der Waals surface area (Å²) in [5, 5.41) is 5.46. The minimum Gasteiger partial charge on any atom is -0.324 e. The maximum Gasteiger partial charge on any atom is 0.324 e. The molecule has 1 heterocycles. The number of anilines is 2. The Morgan fingerprint density at radius 3 is 2.50 bits per heavy atom. The lowest BCUT2D eigenvalue weighted by Gasteiger charge is -2.10. The number of benzene rings is 1. The Morgan fingerprint density at radius 1 is 1.20 bits per heavy atom. The third-order valence-corrected chi connectivity index (χ3v) is 2.94. The molecule has 1 aromatic heterocycles. The summed E-state index contributed by atoms with van der Waals surface area (Å²) >= 11 is 0. The Kier molecular flexibility index (Phi) is 4.32. The third-order valence-electron chi connectivity index (χ3n) is 2.94. The van der Waals surface area contributed by atoms with Crippen LogP contribution >= 0.6 is 0 Å². The molecule has 20 heavy (non-hydrogen) atoms. The van der Waals surface area contributed by atoms with E-state index in [9.17, 15) is 4.79 Å². The van der Waals surface area contributed by atoms with E-state index in [1.54, 1.807) is 6.20 Å². The van der Waals surface area contributed by atoms with Gasteiger partial charge in [-0.2, -0.15) is 0 Å². The van der Waals surface area contributed by atoms with Crippen LogP contribution in [0.25, 0.3) is 0 Å². The van der Waals surface area contributed by atoms with Gasteiger partial charge in [-0.3, -0.25) is 5.32 Å². The van der Waals surface area contributed by atoms with E-state index in [0.717, 1.165) is 11.1 Å². The van der Waals surface area contributed by atoms with Crippen molar-refractivity contribution >= 4 is 17.5 Å². The van der Waals surface area contributed by atoms with Crippen molar-refractivity contribution in [2.45, 2.75) is 19.9 Å². The van der Waals surface area contributed by atoms with Crippen molar-refractivity contribution in [3.8, 4) is 0 Å². The zero-order chi connectivity index (χ0) is 14.5. The summed E-state index contributed by atoms with van der Waals surface area (Å²) in [5.74, 6) is 0.553. The van der Waals surface area contributed by atoms with E-state index in [-0.39, 0.29) is 12.1 Å². The molecule has 4 N–H and O–H groups in total. The van der Waals surface area contributed by atoms with Crippen molar-refractivity contribution in [2.75, 3.05) is 10.6 Å². The van der Waals surface area contributed by atoms with Gasteiger partial charge in [0.2, 0.25) is 0 Å². The fraction of sp³-hybridized carbons (Fsp3) is 0.200. The van der Waals surface area contributed by atoms with Gasteiger partial charge in [-0.25, -0.2) is 9.78 Å². The van der Waals surface area contributed by atoms with Gasteiger partial charge in [-0.1, -0.05) is 18.2 Å². The molecule has 0 bridgehead atoms. The summed E-state index contributed by atoms with van der Waals surface area (Å²) < 4.78 is 0. The number of urea groups is 1. The molecule has 5 nitrogen and oxygen atoms in total. The molecule has 5 heteroatoms. The molecular formula is C15H18N4O. The molecule has 0 saturated heterocycles. The lowest BCUT2D eigenvalue weighted by atomic mass is 10.1. The molecule has 0 aliphatic heterocycles. The van der Waals surface area contributed by atoms with E-state index in [1.807, 2.05) is 50.2 Å². The quantitative estimate of drug-likeness (QED) is 0.802. The summed E-state index contributed by atoms with van der Waals surface area (Å²) in [7, 11) is 0. The van der Waals surface area contributed by atoms with Gasteiger partial charge in [0.1, 0.15) is 5.82 Å². The van der Waals surface area contributed by atoms with Crippen molar-refractivity contribution in [2.24, 2.45) is 5.73 Å². The van der Waals surface area contributed by atoms with Crippen molar-refractivity contribution in [1.29, 1.82) is 0 Å². The molecule has 0 aliphatic carbocycles. The predicted molar refractivity (Wildman–Crippen MR) is 80.7 cm³/mol. The number of aromatic nitrogens is 1. The SMILES string of the molecule is Cc1cccnc1NC(=O)Nc1ccc(C(C)N)cc1. The number of carbonyl (C=O) groups excluding carboxylic acids is 1. The zero-order valence-electron chi connectivity index (χ0n) is 11.6. The van der Waals surface area contributed by atoms with Crippen LogP contribution in [-0.2, 0) is 0 Å². The first kappa shape index (κ1) is 14.0. The third kappa shape index (κ3) is 3.55. The lowest BCUT2D eigenvalue weighted by Crippen LogP contribution is -2.20. The molecule has 2 amide bonds. The van der Waals surface area contributed by atoms with Gasteiger partial charge in [0.15, 0.2) is 0 Å². The van der Waals surface area contributed by atoms with Crippen LogP contribution in [0.3, 0.4) is 0 Å². The molecule has 2 rings (SSSR count). The molecular weight excluding hydrogens is 252 g/mol. The second-order valence-corrected chi connectivity index (χ2v) is 4.66. The predicted octanol–water partition coefficient (Wildman–Crippen LogP) is 3.05. The van der Waals surface area contributed by atoms with E-state index >= 15 is 0 Å². The van der Waals surface area contributed by atoms with Gasteiger partial charge in [0.25, 0.3) is 0 Å². The van der Waals surface area contributed by atoms with Gasteiger partial charge >= 0.3 is 6.03 Å². The first-order chi connectivity index (χ1) is 9.56. The average molecular weight is 270 g/mol. The van der Waals surface area contributed by atoms with Gasteiger partial charge in [-0.15, -0.1) is 0 Å². The molecule has 0 radical (unpaired) electrons. The smallest absolute Gasteiger partial charge is 0.324 e. The first-order valence-corrected chi connectivity index (χ1v) is 6.41. The average Bonchev–Trinajstić information content (AvgIpc) is 2.42. The zero-order valence-corrected chi connectivity index (χ0v) is 11.6. The Bertz CT molecular complexity index is 593. The number of hydrogen-bond donors (Lipinski definition) is 3. The fourth-order valence-corrected chi connectivity index (χ4v) is 1.76. The van der Waals surface area contributed by atoms with Gasteiger partial charge in [0, 0.05) is 17.9 Å². The lowest BCUT2D eigenvalue weighted by molar-refractivity contribution is 0.262. The molecule has 0 spiro atoms. The molecule has 0 saturated carbocycles. The largest absolute Gasteiger partial charge is 0.324 e. The molecule has 0 fully saturated rings. The summed E-state index contributed by atoms with van der Waals surface area (Å²) in [5.41, 5.74) is 8.42. The topological polar surface area (TPSA) is 80.0 Å². The van der Waals surface area contributed by atoms with Gasteiger partial charge < -0.3 is 11.1 Å². The van der Waals surface area contributed by atoms with Crippen LogP contribution in [0.1, 0.15) is 24.1 Å². The number of nitrogens with two attached hydrogens (primary N) is 1.